The average molecular weight is 533 g/mol. The highest BCUT2D eigenvalue weighted by Gasteiger charge is 2.57. The van der Waals surface area contributed by atoms with Gasteiger partial charge < -0.3 is 0 Å². The van der Waals surface area contributed by atoms with E-state index in [0.717, 1.165) is 56.1 Å². The largest absolute Gasteiger partial charge is 0.296 e. The van der Waals surface area contributed by atoms with E-state index in [0.29, 0.717) is 11.8 Å². The number of hydrogen-bond donors (Lipinski definition) is 0. The molecular formula is C28H36O6S2. The molecule has 4 bridgehead atoms. The maximum absolute atomic E-state index is 12.7. The summed E-state index contributed by atoms with van der Waals surface area (Å²) in [6.45, 7) is 4.21. The molecule has 2 aromatic carbocycles. The molecule has 0 aromatic heterocycles. The fourth-order valence-corrected chi connectivity index (χ4v) is 9.33. The third-order valence-corrected chi connectivity index (χ3v) is 11.3. The molecule has 2 aromatic rings. The number of hydrogen-bond acceptors (Lipinski definition) is 6. The van der Waals surface area contributed by atoms with Crippen LogP contribution in [0.1, 0.15) is 62.5 Å². The lowest BCUT2D eigenvalue weighted by atomic mass is 9.43. The van der Waals surface area contributed by atoms with Crippen molar-refractivity contribution < 1.29 is 25.2 Å². The summed E-state index contributed by atoms with van der Waals surface area (Å²) in [6.07, 6.45) is 8.11. The highest BCUT2D eigenvalue weighted by molar-refractivity contribution is 7.87. The maximum Gasteiger partial charge on any atom is 0.296 e. The van der Waals surface area contributed by atoms with Gasteiger partial charge in [0.05, 0.1) is 23.0 Å². The second kappa shape index (κ2) is 9.53. The Morgan fingerprint density at radius 3 is 1.39 bits per heavy atom. The van der Waals surface area contributed by atoms with Crippen LogP contribution >= 0.6 is 0 Å². The molecule has 0 aliphatic heterocycles. The van der Waals surface area contributed by atoms with Gasteiger partial charge in [-0.05, 0) is 112 Å². The van der Waals surface area contributed by atoms with Crippen LogP contribution in [-0.2, 0) is 28.6 Å². The Morgan fingerprint density at radius 2 is 1.03 bits per heavy atom. The van der Waals surface area contributed by atoms with Crippen LogP contribution in [0.3, 0.4) is 0 Å². The second-order valence-electron chi connectivity index (χ2n) is 11.6. The van der Waals surface area contributed by atoms with Crippen molar-refractivity contribution in [3.8, 4) is 0 Å². The molecule has 36 heavy (non-hydrogen) atoms. The molecule has 4 saturated carbocycles. The van der Waals surface area contributed by atoms with Gasteiger partial charge in [-0.25, -0.2) is 0 Å². The summed E-state index contributed by atoms with van der Waals surface area (Å²) in [5, 5.41) is 0. The van der Waals surface area contributed by atoms with E-state index in [1.165, 1.54) is 6.42 Å². The van der Waals surface area contributed by atoms with Gasteiger partial charge in [-0.1, -0.05) is 35.4 Å². The minimum absolute atomic E-state index is 0.0721. The SMILES string of the molecule is Cc1ccc(S(=O)(=O)OCCC23CC4CC(C2)CC(CCOS(=O)(=O)c2ccc(C)cc2)(C4)C3)cc1. The predicted octanol–water partition coefficient (Wildman–Crippen LogP) is 5.78. The highest BCUT2D eigenvalue weighted by atomic mass is 32.2. The number of aryl methyl sites for hydroxylation is 2. The summed E-state index contributed by atoms with van der Waals surface area (Å²) >= 11 is 0. The third-order valence-electron chi connectivity index (χ3n) is 8.66. The Labute approximate surface area is 215 Å². The lowest BCUT2D eigenvalue weighted by molar-refractivity contribution is -0.122. The highest BCUT2D eigenvalue weighted by Crippen LogP contribution is 2.67. The molecule has 4 fully saturated rings. The molecular weight excluding hydrogens is 496 g/mol. The van der Waals surface area contributed by atoms with Gasteiger partial charge in [-0.3, -0.25) is 8.37 Å². The molecule has 0 spiro atoms. The second-order valence-corrected chi connectivity index (χ2v) is 14.9. The summed E-state index contributed by atoms with van der Waals surface area (Å²) in [4.78, 5) is 0.393. The van der Waals surface area contributed by atoms with Crippen molar-refractivity contribution in [2.24, 2.45) is 22.7 Å². The van der Waals surface area contributed by atoms with Crippen LogP contribution in [0.4, 0.5) is 0 Å². The summed E-state index contributed by atoms with van der Waals surface area (Å²) in [7, 11) is -7.54. The van der Waals surface area contributed by atoms with Gasteiger partial charge >= 0.3 is 0 Å². The van der Waals surface area contributed by atoms with E-state index in [-0.39, 0.29) is 33.8 Å². The molecule has 6 nitrogen and oxygen atoms in total. The summed E-state index contributed by atoms with van der Waals surface area (Å²) in [6, 6.07) is 13.5. The summed E-state index contributed by atoms with van der Waals surface area (Å²) < 4.78 is 61.6. The van der Waals surface area contributed by atoms with Crippen LogP contribution in [-0.4, -0.2) is 30.0 Å². The van der Waals surface area contributed by atoms with E-state index in [2.05, 4.69) is 0 Å². The van der Waals surface area contributed by atoms with Crippen molar-refractivity contribution >= 4 is 20.2 Å². The molecule has 0 atom stereocenters. The Morgan fingerprint density at radius 1 is 0.667 bits per heavy atom. The van der Waals surface area contributed by atoms with Crippen molar-refractivity contribution in [3.63, 3.8) is 0 Å². The maximum atomic E-state index is 12.7. The van der Waals surface area contributed by atoms with Crippen molar-refractivity contribution in [2.75, 3.05) is 13.2 Å². The van der Waals surface area contributed by atoms with Crippen LogP contribution in [0.15, 0.2) is 58.3 Å². The first-order valence-electron chi connectivity index (χ1n) is 12.9. The monoisotopic (exact) mass is 532 g/mol. The Balaban J connectivity index is 1.21. The molecule has 0 saturated heterocycles. The number of benzene rings is 2. The van der Waals surface area contributed by atoms with E-state index >= 15 is 0 Å². The van der Waals surface area contributed by atoms with Gasteiger partial charge in [-0.15, -0.1) is 0 Å². The summed E-state index contributed by atoms with van der Waals surface area (Å²) in [5.74, 6) is 1.24. The quantitative estimate of drug-likeness (QED) is 0.361. The molecule has 6 rings (SSSR count). The lowest BCUT2D eigenvalue weighted by Crippen LogP contribution is -2.52. The smallest absolute Gasteiger partial charge is 0.266 e. The number of rotatable bonds is 10. The van der Waals surface area contributed by atoms with E-state index in [4.69, 9.17) is 8.37 Å². The predicted molar refractivity (Wildman–Crippen MR) is 137 cm³/mol. The topological polar surface area (TPSA) is 86.7 Å². The van der Waals surface area contributed by atoms with E-state index < -0.39 is 20.2 Å². The van der Waals surface area contributed by atoms with Crippen molar-refractivity contribution in [1.29, 1.82) is 0 Å². The molecule has 0 amide bonds. The van der Waals surface area contributed by atoms with E-state index in [1.54, 1.807) is 48.5 Å². The van der Waals surface area contributed by atoms with Gasteiger partial charge in [0, 0.05) is 0 Å². The zero-order valence-electron chi connectivity index (χ0n) is 21.1. The molecule has 0 heterocycles. The first kappa shape index (κ1) is 25.9. The Hall–Kier alpha value is -1.74. The van der Waals surface area contributed by atoms with Crippen LogP contribution in [0, 0.1) is 36.5 Å². The van der Waals surface area contributed by atoms with Crippen LogP contribution in [0.25, 0.3) is 0 Å². The van der Waals surface area contributed by atoms with E-state index in [9.17, 15) is 16.8 Å². The van der Waals surface area contributed by atoms with Crippen LogP contribution in [0.5, 0.6) is 0 Å². The molecule has 8 heteroatoms. The first-order chi connectivity index (χ1) is 17.0. The van der Waals surface area contributed by atoms with Crippen molar-refractivity contribution in [1.82, 2.24) is 0 Å². The average Bonchev–Trinajstić information content (AvgIpc) is 2.78. The molecule has 0 unspecified atom stereocenters. The van der Waals surface area contributed by atoms with Crippen molar-refractivity contribution in [3.05, 3.63) is 59.7 Å². The van der Waals surface area contributed by atoms with Gasteiger partial charge in [0.25, 0.3) is 20.2 Å². The Bertz CT molecular complexity index is 1180. The van der Waals surface area contributed by atoms with E-state index in [1.807, 2.05) is 13.8 Å². The molecule has 0 N–H and O–H groups in total. The Kier molecular flexibility index (Phi) is 6.86. The normalized spacial score (nSPS) is 29.5. The zero-order valence-corrected chi connectivity index (χ0v) is 22.7. The third kappa shape index (κ3) is 5.42. The molecule has 196 valence electrons. The molecule has 0 radical (unpaired) electrons. The standard InChI is InChI=1S/C28H36O6S2/c1-21-3-7-25(8-4-21)35(29,30)33-13-11-27-16-23-15-24(17-27)19-28(18-23,20-27)12-14-34-36(31,32)26-9-5-22(2)6-10-26/h3-10,23-24H,11-20H2,1-2H3. The van der Waals surface area contributed by atoms with Crippen LogP contribution < -0.4 is 0 Å². The van der Waals surface area contributed by atoms with Gasteiger partial charge in [-0.2, -0.15) is 16.8 Å². The fraction of sp³-hybridized carbons (Fsp3) is 0.571. The summed E-state index contributed by atoms with van der Waals surface area (Å²) in [5.41, 5.74) is 2.15. The van der Waals surface area contributed by atoms with Gasteiger partial charge in [0.15, 0.2) is 0 Å². The fourth-order valence-electron chi connectivity index (χ4n) is 7.52. The van der Waals surface area contributed by atoms with Gasteiger partial charge in [0.2, 0.25) is 0 Å². The van der Waals surface area contributed by atoms with Crippen LogP contribution in [0.2, 0.25) is 0 Å². The minimum Gasteiger partial charge on any atom is -0.266 e. The molecule has 4 aliphatic carbocycles. The van der Waals surface area contributed by atoms with Gasteiger partial charge in [0.1, 0.15) is 0 Å². The minimum atomic E-state index is -3.77. The zero-order chi connectivity index (χ0) is 25.6. The molecule has 4 aliphatic rings. The lowest BCUT2D eigenvalue weighted by Gasteiger charge is -2.62. The first-order valence-corrected chi connectivity index (χ1v) is 15.7. The van der Waals surface area contributed by atoms with Crippen molar-refractivity contribution in [2.45, 2.75) is 75.0 Å².